The molecule has 2 aliphatic rings. The Balaban J connectivity index is 1.77. The van der Waals surface area contributed by atoms with Crippen molar-refractivity contribution in [1.29, 1.82) is 0 Å². The molecule has 5 atom stereocenters. The van der Waals surface area contributed by atoms with E-state index in [1.807, 2.05) is 6.07 Å². The lowest BCUT2D eigenvalue weighted by Gasteiger charge is -2.48. The summed E-state index contributed by atoms with van der Waals surface area (Å²) in [5, 5.41) is 0. The number of rotatable bonds is 6. The predicted molar refractivity (Wildman–Crippen MR) is 152 cm³/mol. The lowest BCUT2D eigenvalue weighted by atomic mass is 9.61. The van der Waals surface area contributed by atoms with Crippen LogP contribution >= 0.6 is 0 Å². The largest absolute Gasteiger partial charge is 0.481 e. The molecule has 3 heterocycles. The summed E-state index contributed by atoms with van der Waals surface area (Å²) in [5.41, 5.74) is 6.27. The van der Waals surface area contributed by atoms with Gasteiger partial charge in [-0.25, -0.2) is 31.3 Å². The first kappa shape index (κ1) is 31.3. The van der Waals surface area contributed by atoms with Crippen molar-refractivity contribution in [3.63, 3.8) is 0 Å². The minimum atomic E-state index is -4.81. The number of amides is 2. The van der Waals surface area contributed by atoms with Gasteiger partial charge in [0.1, 0.15) is 10.3 Å². The summed E-state index contributed by atoms with van der Waals surface area (Å²) in [6.07, 6.45) is 3.02. The van der Waals surface area contributed by atoms with Crippen LogP contribution in [0.2, 0.25) is 0 Å². The van der Waals surface area contributed by atoms with E-state index in [9.17, 15) is 18.0 Å². The number of nitrogens with zero attached hydrogens (tertiary/aromatic N) is 3. The van der Waals surface area contributed by atoms with E-state index in [2.05, 4.69) is 9.97 Å². The minimum absolute atomic E-state index is 0.414. The zero-order valence-corrected chi connectivity index (χ0v) is 25.2. The Bertz CT molecular complexity index is 1490. The van der Waals surface area contributed by atoms with Gasteiger partial charge in [-0.3, -0.25) is 9.78 Å². The number of alkyl halides is 2. The van der Waals surface area contributed by atoms with Crippen molar-refractivity contribution in [3.05, 3.63) is 48.4 Å². The molecular weight excluding hydrogens is 570 g/mol. The topological polar surface area (TPSA) is 142 Å². The van der Waals surface area contributed by atoms with E-state index in [-0.39, 0.29) is 0 Å². The molecule has 0 aromatic carbocycles. The molecule has 1 aliphatic heterocycles. The van der Waals surface area contributed by atoms with E-state index in [0.29, 0.717) is 21.4 Å². The molecule has 4 rings (SSSR count). The van der Waals surface area contributed by atoms with Crippen LogP contribution in [0, 0.1) is 17.8 Å². The number of sulfonamides is 1. The molecule has 2 aromatic rings. The number of ether oxygens (including phenoxy) is 2. The monoisotopic (exact) mass is 606 g/mol. The lowest BCUT2D eigenvalue weighted by molar-refractivity contribution is -0.133. The van der Waals surface area contributed by atoms with Gasteiger partial charge in [-0.1, -0.05) is 19.1 Å². The first-order valence-corrected chi connectivity index (χ1v) is 15.0. The molecule has 0 unspecified atom stereocenters. The van der Waals surface area contributed by atoms with Gasteiger partial charge in [0.05, 0.1) is 18.8 Å². The van der Waals surface area contributed by atoms with E-state index in [4.69, 9.17) is 15.2 Å². The zero-order chi connectivity index (χ0) is 31.3. The summed E-state index contributed by atoms with van der Waals surface area (Å²) in [6, 6.07) is 5.94. The highest BCUT2D eigenvalue weighted by Crippen LogP contribution is 2.60. The van der Waals surface area contributed by atoms with Crippen molar-refractivity contribution in [3.8, 4) is 17.0 Å². The summed E-state index contributed by atoms with van der Waals surface area (Å²) < 4.78 is 68.2. The summed E-state index contributed by atoms with van der Waals surface area (Å²) in [6.45, 7) is 7.50. The molecule has 0 spiro atoms. The van der Waals surface area contributed by atoms with Gasteiger partial charge in [0.2, 0.25) is 21.8 Å². The minimum Gasteiger partial charge on any atom is -0.481 e. The third-order valence-corrected chi connectivity index (χ3v) is 10.6. The summed E-state index contributed by atoms with van der Waals surface area (Å²) in [4.78, 5) is 34.0. The molecule has 2 amide bonds. The number of fused-ring (bicyclic) bond motifs is 1. The van der Waals surface area contributed by atoms with Crippen LogP contribution in [0.4, 0.5) is 13.6 Å². The molecule has 228 valence electrons. The van der Waals surface area contributed by atoms with Crippen molar-refractivity contribution in [2.75, 3.05) is 7.11 Å². The number of halogens is 2. The average Bonchev–Trinajstić information content (AvgIpc) is 3.04. The smallest absolute Gasteiger partial charge is 0.424 e. The number of hydrogen-bond donors (Lipinski definition) is 1. The van der Waals surface area contributed by atoms with E-state index < -0.39 is 74.9 Å². The highest BCUT2D eigenvalue weighted by molar-refractivity contribution is 7.91. The molecule has 42 heavy (non-hydrogen) atoms. The van der Waals surface area contributed by atoms with Crippen LogP contribution < -0.4 is 10.5 Å². The summed E-state index contributed by atoms with van der Waals surface area (Å²) in [7, 11) is -3.30. The van der Waals surface area contributed by atoms with E-state index in [1.165, 1.54) is 33.1 Å². The van der Waals surface area contributed by atoms with Crippen LogP contribution in [0.1, 0.15) is 53.2 Å². The highest BCUT2D eigenvalue weighted by atomic mass is 32.2. The first-order valence-electron chi connectivity index (χ1n) is 13.5. The van der Waals surface area contributed by atoms with Crippen LogP contribution in [0.3, 0.4) is 0 Å². The SMILES string of the molecule is COc1ncccc1-c1ccc(C=C[C@@H]2[C@@H]3[C@@H](C)N(C(=O)OC(C)(C)C)S(=O)(=O)[C@]3(CC(N)=O)CC(F)(F)[C@H]2C)nc1. The summed E-state index contributed by atoms with van der Waals surface area (Å²) in [5.74, 6) is -7.60. The number of pyridine rings is 2. The van der Waals surface area contributed by atoms with Crippen LogP contribution in [0.15, 0.2) is 42.7 Å². The Morgan fingerprint density at radius 2 is 1.88 bits per heavy atom. The first-order chi connectivity index (χ1) is 19.4. The number of hydrogen-bond acceptors (Lipinski definition) is 8. The maximum atomic E-state index is 15.7. The molecule has 2 aromatic heterocycles. The highest BCUT2D eigenvalue weighted by Gasteiger charge is 2.73. The Morgan fingerprint density at radius 3 is 2.45 bits per heavy atom. The van der Waals surface area contributed by atoms with Gasteiger partial charge in [0, 0.05) is 48.2 Å². The van der Waals surface area contributed by atoms with Crippen molar-refractivity contribution in [2.24, 2.45) is 23.5 Å². The number of allylic oxidation sites excluding steroid dienone is 1. The molecule has 1 saturated heterocycles. The van der Waals surface area contributed by atoms with Crippen LogP contribution in [-0.2, 0) is 19.6 Å². The number of aromatic nitrogens is 2. The standard InChI is InChI=1S/C29H36F2N4O6S/c1-17-21(12-11-20-10-9-19(15-34-20)22-8-7-13-33-25(22)40-6)24-18(2)35(26(37)41-27(3,4)5)42(38,39)28(24,14-23(32)36)16-29(17,30)31/h7-13,15,17-18,21,24H,14,16H2,1-6H3,(H2,32,36)/t17-,18+,21-,24-,28+/m0/s1. The van der Waals surface area contributed by atoms with Gasteiger partial charge in [-0.2, -0.15) is 0 Å². The number of carbonyl (C=O) groups excluding carboxylic acids is 2. The van der Waals surface area contributed by atoms with E-state index in [1.54, 1.807) is 51.4 Å². The molecule has 0 bridgehead atoms. The van der Waals surface area contributed by atoms with Crippen LogP contribution in [0.5, 0.6) is 5.88 Å². The summed E-state index contributed by atoms with van der Waals surface area (Å²) >= 11 is 0. The fraction of sp³-hybridized carbons (Fsp3) is 0.517. The second kappa shape index (κ2) is 10.9. The number of nitrogens with two attached hydrogens (primary N) is 1. The number of primary amides is 1. The maximum Gasteiger partial charge on any atom is 0.424 e. The number of methoxy groups -OCH3 is 1. The Morgan fingerprint density at radius 1 is 1.19 bits per heavy atom. The second-order valence-corrected chi connectivity index (χ2v) is 14.1. The second-order valence-electron chi connectivity index (χ2n) is 12.0. The molecule has 1 aliphatic carbocycles. The Kier molecular flexibility index (Phi) is 8.13. The predicted octanol–water partition coefficient (Wildman–Crippen LogP) is 4.66. The van der Waals surface area contributed by atoms with E-state index >= 15 is 8.78 Å². The van der Waals surface area contributed by atoms with Gasteiger partial charge in [-0.05, 0) is 57.9 Å². The average molecular weight is 607 g/mol. The van der Waals surface area contributed by atoms with E-state index in [0.717, 1.165) is 5.56 Å². The third-order valence-electron chi connectivity index (χ3n) is 8.06. The van der Waals surface area contributed by atoms with Crippen molar-refractivity contribution in [1.82, 2.24) is 14.3 Å². The van der Waals surface area contributed by atoms with Crippen molar-refractivity contribution < 1.29 is 36.3 Å². The molecule has 2 fully saturated rings. The fourth-order valence-corrected chi connectivity index (χ4v) is 8.87. The normalized spacial score (nSPS) is 28.3. The van der Waals surface area contributed by atoms with Crippen LogP contribution in [0.25, 0.3) is 17.2 Å². The third kappa shape index (κ3) is 5.46. The molecular formula is C29H36F2N4O6S. The fourth-order valence-electron chi connectivity index (χ4n) is 6.28. The van der Waals surface area contributed by atoms with Gasteiger partial charge in [-0.15, -0.1) is 0 Å². The van der Waals surface area contributed by atoms with Crippen molar-refractivity contribution >= 4 is 28.1 Å². The molecule has 13 heteroatoms. The Hall–Kier alpha value is -3.61. The molecule has 0 radical (unpaired) electrons. The zero-order valence-electron chi connectivity index (χ0n) is 24.4. The molecule has 2 N–H and O–H groups in total. The maximum absolute atomic E-state index is 15.7. The molecule has 10 nitrogen and oxygen atoms in total. The van der Waals surface area contributed by atoms with Gasteiger partial charge < -0.3 is 15.2 Å². The Labute approximate surface area is 244 Å². The lowest BCUT2D eigenvalue weighted by Crippen LogP contribution is -2.59. The van der Waals surface area contributed by atoms with Crippen molar-refractivity contribution in [2.45, 2.75) is 69.8 Å². The van der Waals surface area contributed by atoms with Gasteiger partial charge in [0.15, 0.2) is 0 Å². The van der Waals surface area contributed by atoms with Gasteiger partial charge in [0.25, 0.3) is 5.92 Å². The molecule has 1 saturated carbocycles. The van der Waals surface area contributed by atoms with Crippen LogP contribution in [-0.4, -0.2) is 64.1 Å². The van der Waals surface area contributed by atoms with Gasteiger partial charge >= 0.3 is 6.09 Å². The number of carbonyl (C=O) groups is 2. The quantitative estimate of drug-likeness (QED) is 0.501.